The van der Waals surface area contributed by atoms with Gasteiger partial charge in [-0.15, -0.1) is 0 Å². The van der Waals surface area contributed by atoms with Crippen molar-refractivity contribution < 1.29 is 0 Å². The molecular formula is C21H23N3. The fraction of sp³-hybridized carbons (Fsp3) is 0.286. The van der Waals surface area contributed by atoms with E-state index in [2.05, 4.69) is 82.2 Å². The molecule has 3 heteroatoms. The first-order valence-electron chi connectivity index (χ1n) is 8.69. The van der Waals surface area contributed by atoms with E-state index < -0.39 is 0 Å². The summed E-state index contributed by atoms with van der Waals surface area (Å²) in [7, 11) is 0. The molecule has 0 aliphatic carbocycles. The summed E-state index contributed by atoms with van der Waals surface area (Å²) in [5, 5.41) is 0. The Kier molecular flexibility index (Phi) is 4.18. The topological polar surface area (TPSA) is 21.1 Å². The van der Waals surface area contributed by atoms with Crippen LogP contribution in [0, 0.1) is 0 Å². The minimum atomic E-state index is 0.397. The quantitative estimate of drug-likeness (QED) is 0.717. The molecule has 4 rings (SSSR count). The summed E-state index contributed by atoms with van der Waals surface area (Å²) < 4.78 is 2.20. The van der Waals surface area contributed by atoms with Crippen molar-refractivity contribution in [2.45, 2.75) is 32.0 Å². The van der Waals surface area contributed by atoms with Crippen LogP contribution < -0.4 is 0 Å². The van der Waals surface area contributed by atoms with Gasteiger partial charge in [0, 0.05) is 37.4 Å². The van der Waals surface area contributed by atoms with Crippen LogP contribution in [0.5, 0.6) is 0 Å². The number of rotatable bonds is 4. The van der Waals surface area contributed by atoms with Gasteiger partial charge in [0.25, 0.3) is 0 Å². The lowest BCUT2D eigenvalue weighted by molar-refractivity contribution is 0.144. The number of imidazole rings is 1. The molecule has 2 heterocycles. The highest BCUT2D eigenvalue weighted by Gasteiger charge is 2.35. The molecule has 122 valence electrons. The molecule has 1 aromatic heterocycles. The van der Waals surface area contributed by atoms with E-state index in [4.69, 9.17) is 0 Å². The Morgan fingerprint density at radius 2 is 1.83 bits per heavy atom. The summed E-state index contributed by atoms with van der Waals surface area (Å²) in [4.78, 5) is 6.83. The highest BCUT2D eigenvalue weighted by molar-refractivity contribution is 5.37. The standard InChI is InChI=1S/C21H23N3/c1-2-24-14-18-10-6-7-11-19(18)20(15-23-13-12-22-16-23)21(24)17-8-4-3-5-9-17/h3-13,16,20-21H,2,14-15H2,1H3/t20-,21+/m1/s1. The van der Waals surface area contributed by atoms with E-state index in [1.165, 1.54) is 16.7 Å². The van der Waals surface area contributed by atoms with Crippen molar-refractivity contribution in [3.05, 3.63) is 90.0 Å². The van der Waals surface area contributed by atoms with Gasteiger partial charge in [0.05, 0.1) is 6.33 Å². The van der Waals surface area contributed by atoms with Crippen LogP contribution in [0.15, 0.2) is 73.3 Å². The SMILES string of the molecule is CCN1Cc2ccccc2[C@@H](Cn2ccnc2)[C@@H]1c1ccccc1. The lowest BCUT2D eigenvalue weighted by Crippen LogP contribution is -2.38. The number of likely N-dealkylation sites (N-methyl/N-ethyl adjacent to an activating group) is 1. The summed E-state index contributed by atoms with van der Waals surface area (Å²) in [6.45, 7) is 5.28. The average Bonchev–Trinajstić information content (AvgIpc) is 3.15. The van der Waals surface area contributed by atoms with E-state index in [1.54, 1.807) is 0 Å². The Hall–Kier alpha value is -2.39. The van der Waals surface area contributed by atoms with Crippen LogP contribution in [0.2, 0.25) is 0 Å². The molecule has 24 heavy (non-hydrogen) atoms. The van der Waals surface area contributed by atoms with Crippen LogP contribution in [-0.2, 0) is 13.1 Å². The van der Waals surface area contributed by atoms with Gasteiger partial charge in [-0.05, 0) is 23.2 Å². The second-order valence-electron chi connectivity index (χ2n) is 6.48. The molecule has 2 atom stereocenters. The fourth-order valence-electron chi connectivity index (χ4n) is 4.00. The Balaban J connectivity index is 1.81. The molecule has 0 amide bonds. The molecule has 0 bridgehead atoms. The minimum absolute atomic E-state index is 0.397. The van der Waals surface area contributed by atoms with Gasteiger partial charge in [-0.25, -0.2) is 4.98 Å². The van der Waals surface area contributed by atoms with Crippen LogP contribution >= 0.6 is 0 Å². The lowest BCUT2D eigenvalue weighted by Gasteiger charge is -2.42. The summed E-state index contributed by atoms with van der Waals surface area (Å²) in [6, 6.07) is 20.2. The average molecular weight is 317 g/mol. The Morgan fingerprint density at radius 3 is 2.58 bits per heavy atom. The number of aromatic nitrogens is 2. The van der Waals surface area contributed by atoms with Gasteiger partial charge in [0.1, 0.15) is 0 Å². The molecule has 0 N–H and O–H groups in total. The van der Waals surface area contributed by atoms with Gasteiger partial charge in [-0.2, -0.15) is 0 Å². The summed E-state index contributed by atoms with van der Waals surface area (Å²) in [5.74, 6) is 0.423. The van der Waals surface area contributed by atoms with Crippen molar-refractivity contribution >= 4 is 0 Å². The number of benzene rings is 2. The zero-order valence-electron chi connectivity index (χ0n) is 14.0. The van der Waals surface area contributed by atoms with E-state index >= 15 is 0 Å². The molecule has 1 aliphatic heterocycles. The number of hydrogen-bond acceptors (Lipinski definition) is 2. The second kappa shape index (κ2) is 6.62. The predicted molar refractivity (Wildman–Crippen MR) is 96.7 cm³/mol. The van der Waals surface area contributed by atoms with Crippen LogP contribution in [0.1, 0.15) is 35.6 Å². The monoisotopic (exact) mass is 317 g/mol. The maximum Gasteiger partial charge on any atom is 0.0946 e. The van der Waals surface area contributed by atoms with Crippen molar-refractivity contribution in [1.29, 1.82) is 0 Å². The molecule has 0 spiro atoms. The van der Waals surface area contributed by atoms with Gasteiger partial charge in [-0.1, -0.05) is 61.5 Å². The molecular weight excluding hydrogens is 294 g/mol. The normalized spacial score (nSPS) is 20.7. The summed E-state index contributed by atoms with van der Waals surface area (Å²) in [6.07, 6.45) is 5.86. The number of nitrogens with zero attached hydrogens (tertiary/aromatic N) is 3. The zero-order valence-corrected chi connectivity index (χ0v) is 14.0. The predicted octanol–water partition coefficient (Wildman–Crippen LogP) is 4.24. The third kappa shape index (κ3) is 2.76. The molecule has 0 saturated heterocycles. The number of hydrogen-bond donors (Lipinski definition) is 0. The molecule has 3 aromatic rings. The molecule has 0 fully saturated rings. The van der Waals surface area contributed by atoms with E-state index in [-0.39, 0.29) is 0 Å². The Labute approximate surface area is 143 Å². The largest absolute Gasteiger partial charge is 0.337 e. The second-order valence-corrected chi connectivity index (χ2v) is 6.48. The molecule has 1 aliphatic rings. The van der Waals surface area contributed by atoms with Gasteiger partial charge in [-0.3, -0.25) is 4.90 Å². The van der Waals surface area contributed by atoms with E-state index in [9.17, 15) is 0 Å². The Morgan fingerprint density at radius 1 is 1.04 bits per heavy atom. The number of fused-ring (bicyclic) bond motifs is 1. The highest BCUT2D eigenvalue weighted by atomic mass is 15.2. The molecule has 0 unspecified atom stereocenters. The van der Waals surface area contributed by atoms with Crippen LogP contribution in [0.25, 0.3) is 0 Å². The first-order valence-corrected chi connectivity index (χ1v) is 8.69. The van der Waals surface area contributed by atoms with Crippen molar-refractivity contribution in [2.75, 3.05) is 6.54 Å². The highest BCUT2D eigenvalue weighted by Crippen LogP contribution is 2.43. The van der Waals surface area contributed by atoms with Gasteiger partial charge in [0.15, 0.2) is 0 Å². The third-order valence-electron chi connectivity index (χ3n) is 5.12. The van der Waals surface area contributed by atoms with Gasteiger partial charge >= 0.3 is 0 Å². The van der Waals surface area contributed by atoms with E-state index in [0.717, 1.165) is 19.6 Å². The maximum atomic E-state index is 4.23. The van der Waals surface area contributed by atoms with Gasteiger partial charge < -0.3 is 4.57 Å². The minimum Gasteiger partial charge on any atom is -0.337 e. The first-order chi connectivity index (χ1) is 11.9. The van der Waals surface area contributed by atoms with E-state index in [0.29, 0.717) is 12.0 Å². The van der Waals surface area contributed by atoms with Crippen molar-refractivity contribution in [3.63, 3.8) is 0 Å². The maximum absolute atomic E-state index is 4.23. The van der Waals surface area contributed by atoms with Crippen molar-refractivity contribution in [3.8, 4) is 0 Å². The third-order valence-corrected chi connectivity index (χ3v) is 5.12. The van der Waals surface area contributed by atoms with Crippen molar-refractivity contribution in [2.24, 2.45) is 0 Å². The molecule has 2 aromatic carbocycles. The summed E-state index contributed by atoms with van der Waals surface area (Å²) in [5.41, 5.74) is 4.33. The fourth-order valence-corrected chi connectivity index (χ4v) is 4.00. The smallest absolute Gasteiger partial charge is 0.0946 e. The molecule has 0 saturated carbocycles. The lowest BCUT2D eigenvalue weighted by atomic mass is 9.80. The summed E-state index contributed by atoms with van der Waals surface area (Å²) >= 11 is 0. The molecule has 0 radical (unpaired) electrons. The zero-order chi connectivity index (χ0) is 16.4. The van der Waals surface area contributed by atoms with Crippen LogP contribution in [0.3, 0.4) is 0 Å². The van der Waals surface area contributed by atoms with Gasteiger partial charge in [0.2, 0.25) is 0 Å². The van der Waals surface area contributed by atoms with Crippen molar-refractivity contribution in [1.82, 2.24) is 14.5 Å². The van der Waals surface area contributed by atoms with E-state index in [1.807, 2.05) is 12.5 Å². The van der Waals surface area contributed by atoms with Crippen LogP contribution in [0.4, 0.5) is 0 Å². The van der Waals surface area contributed by atoms with Crippen LogP contribution in [-0.4, -0.2) is 21.0 Å². The molecule has 3 nitrogen and oxygen atoms in total. The first kappa shape index (κ1) is 15.2. The Bertz CT molecular complexity index is 780.